The average molecular weight is 205 g/mol. The van der Waals surface area contributed by atoms with E-state index < -0.39 is 5.91 Å². The van der Waals surface area contributed by atoms with Crippen LogP contribution in [0.25, 0.3) is 0 Å². The monoisotopic (exact) mass is 205 g/mol. The summed E-state index contributed by atoms with van der Waals surface area (Å²) in [4.78, 5) is 21.2. The van der Waals surface area contributed by atoms with E-state index in [0.717, 1.165) is 6.21 Å². The van der Waals surface area contributed by atoms with Gasteiger partial charge < -0.3 is 16.5 Å². The molecule has 5 heteroatoms. The molecule has 0 atom stereocenters. The number of nitrogens with one attached hydrogen (secondary N) is 2. The van der Waals surface area contributed by atoms with E-state index in [9.17, 15) is 9.59 Å². The number of benzene rings is 1. The second-order valence-corrected chi connectivity index (χ2v) is 2.89. The predicted octanol–water partition coefficient (Wildman–Crippen LogP) is 0.0292. The summed E-state index contributed by atoms with van der Waals surface area (Å²) >= 11 is 0. The number of carbonyl (C=O) groups is 2. The molecule has 78 valence electrons. The summed E-state index contributed by atoms with van der Waals surface area (Å²) in [6, 6.07) is 4.94. The molecule has 15 heavy (non-hydrogen) atoms. The van der Waals surface area contributed by atoms with E-state index in [4.69, 9.17) is 11.1 Å². The van der Waals surface area contributed by atoms with Crippen LogP contribution in [0, 0.1) is 5.41 Å². The van der Waals surface area contributed by atoms with Crippen LogP contribution in [0.2, 0.25) is 0 Å². The van der Waals surface area contributed by atoms with Crippen molar-refractivity contribution in [2.75, 3.05) is 0 Å². The van der Waals surface area contributed by atoms with E-state index in [1.54, 1.807) is 18.2 Å². The SMILES string of the molecule is N=Cc1c(CNC=O)cccc1C(N)=O. The molecule has 1 aromatic rings. The van der Waals surface area contributed by atoms with Crippen molar-refractivity contribution in [1.29, 1.82) is 5.41 Å². The van der Waals surface area contributed by atoms with E-state index in [2.05, 4.69) is 5.32 Å². The van der Waals surface area contributed by atoms with Gasteiger partial charge in [-0.1, -0.05) is 12.1 Å². The van der Waals surface area contributed by atoms with Gasteiger partial charge in [-0.05, 0) is 11.6 Å². The van der Waals surface area contributed by atoms with Crippen LogP contribution in [0.1, 0.15) is 21.5 Å². The number of hydrogen-bond donors (Lipinski definition) is 3. The Kier molecular flexibility index (Phi) is 3.56. The third-order valence-corrected chi connectivity index (χ3v) is 1.98. The molecule has 0 fully saturated rings. The van der Waals surface area contributed by atoms with Crippen molar-refractivity contribution in [1.82, 2.24) is 5.32 Å². The first-order valence-corrected chi connectivity index (χ1v) is 4.30. The lowest BCUT2D eigenvalue weighted by Crippen LogP contribution is -2.17. The number of rotatable bonds is 5. The lowest BCUT2D eigenvalue weighted by molar-refractivity contribution is -0.109. The molecule has 0 spiro atoms. The maximum absolute atomic E-state index is 11.0. The lowest BCUT2D eigenvalue weighted by atomic mass is 10.0. The Bertz CT molecular complexity index is 402. The fraction of sp³-hybridized carbons (Fsp3) is 0.100. The average Bonchev–Trinajstić information content (AvgIpc) is 2.25. The first kappa shape index (κ1) is 10.9. The maximum Gasteiger partial charge on any atom is 0.249 e. The molecule has 5 nitrogen and oxygen atoms in total. The van der Waals surface area contributed by atoms with Gasteiger partial charge in [0.2, 0.25) is 12.3 Å². The van der Waals surface area contributed by atoms with Crippen molar-refractivity contribution in [3.05, 3.63) is 34.9 Å². The highest BCUT2D eigenvalue weighted by atomic mass is 16.1. The highest BCUT2D eigenvalue weighted by Crippen LogP contribution is 2.12. The predicted molar refractivity (Wildman–Crippen MR) is 55.7 cm³/mol. The third-order valence-electron chi connectivity index (χ3n) is 1.98. The molecule has 0 aliphatic rings. The fourth-order valence-corrected chi connectivity index (χ4v) is 1.30. The van der Waals surface area contributed by atoms with Gasteiger partial charge >= 0.3 is 0 Å². The molecule has 0 heterocycles. The van der Waals surface area contributed by atoms with E-state index in [1.165, 1.54) is 0 Å². The molecule has 1 rings (SSSR count). The van der Waals surface area contributed by atoms with E-state index in [1.807, 2.05) is 0 Å². The molecule has 0 aliphatic heterocycles. The molecule has 0 aliphatic carbocycles. The van der Waals surface area contributed by atoms with E-state index >= 15 is 0 Å². The standard InChI is InChI=1S/C10H11N3O2/c11-4-9-7(5-13-6-14)2-1-3-8(9)10(12)15/h1-4,6,11H,5H2,(H2,12,15)(H,13,14). The highest BCUT2D eigenvalue weighted by Gasteiger charge is 2.09. The minimum absolute atomic E-state index is 0.273. The van der Waals surface area contributed by atoms with Crippen LogP contribution in [0.4, 0.5) is 0 Å². The van der Waals surface area contributed by atoms with Crippen LogP contribution in [-0.2, 0) is 11.3 Å². The molecular weight excluding hydrogens is 194 g/mol. The van der Waals surface area contributed by atoms with Gasteiger partial charge in [-0.2, -0.15) is 0 Å². The third kappa shape index (κ3) is 2.40. The zero-order chi connectivity index (χ0) is 11.3. The Balaban J connectivity index is 3.15. The zero-order valence-corrected chi connectivity index (χ0v) is 7.99. The van der Waals surface area contributed by atoms with Crippen LogP contribution in [0.15, 0.2) is 18.2 Å². The minimum Gasteiger partial charge on any atom is -0.366 e. The van der Waals surface area contributed by atoms with Crippen molar-refractivity contribution in [2.24, 2.45) is 5.73 Å². The smallest absolute Gasteiger partial charge is 0.249 e. The Hall–Kier alpha value is -2.17. The largest absolute Gasteiger partial charge is 0.366 e. The molecular formula is C10H11N3O2. The second kappa shape index (κ2) is 4.90. The fourth-order valence-electron chi connectivity index (χ4n) is 1.30. The van der Waals surface area contributed by atoms with Crippen LogP contribution >= 0.6 is 0 Å². The molecule has 2 amide bonds. The van der Waals surface area contributed by atoms with E-state index in [0.29, 0.717) is 17.5 Å². The van der Waals surface area contributed by atoms with Crippen LogP contribution in [-0.4, -0.2) is 18.5 Å². The Labute approximate surface area is 86.8 Å². The van der Waals surface area contributed by atoms with Crippen molar-refractivity contribution in [2.45, 2.75) is 6.54 Å². The molecule has 0 saturated carbocycles. The molecule has 4 N–H and O–H groups in total. The second-order valence-electron chi connectivity index (χ2n) is 2.89. The number of primary amides is 1. The molecule has 0 saturated heterocycles. The van der Waals surface area contributed by atoms with Crippen LogP contribution in [0.3, 0.4) is 0 Å². The highest BCUT2D eigenvalue weighted by molar-refractivity contribution is 6.01. The summed E-state index contributed by atoms with van der Waals surface area (Å²) in [6.45, 7) is 0.273. The molecule has 0 unspecified atom stereocenters. The summed E-state index contributed by atoms with van der Waals surface area (Å²) < 4.78 is 0. The van der Waals surface area contributed by atoms with Crippen molar-refractivity contribution in [3.63, 3.8) is 0 Å². The Morgan fingerprint density at radius 1 is 1.53 bits per heavy atom. The Morgan fingerprint density at radius 3 is 2.80 bits per heavy atom. The van der Waals surface area contributed by atoms with Crippen molar-refractivity contribution in [3.8, 4) is 0 Å². The van der Waals surface area contributed by atoms with Gasteiger partial charge in [0.05, 0.1) is 0 Å². The van der Waals surface area contributed by atoms with Gasteiger partial charge in [0.25, 0.3) is 0 Å². The van der Waals surface area contributed by atoms with Gasteiger partial charge in [-0.3, -0.25) is 9.59 Å². The van der Waals surface area contributed by atoms with Gasteiger partial charge in [-0.25, -0.2) is 0 Å². The van der Waals surface area contributed by atoms with Crippen molar-refractivity contribution < 1.29 is 9.59 Å². The number of carbonyl (C=O) groups excluding carboxylic acids is 2. The van der Waals surface area contributed by atoms with Gasteiger partial charge in [0, 0.05) is 23.9 Å². The number of hydrogen-bond acceptors (Lipinski definition) is 3. The lowest BCUT2D eigenvalue weighted by Gasteiger charge is -2.07. The number of nitrogens with two attached hydrogens (primary N) is 1. The summed E-state index contributed by atoms with van der Waals surface area (Å²) in [7, 11) is 0. The molecule has 0 aromatic heterocycles. The summed E-state index contributed by atoms with van der Waals surface area (Å²) in [5.74, 6) is -0.582. The molecule has 0 radical (unpaired) electrons. The normalized spacial score (nSPS) is 9.33. The zero-order valence-electron chi connectivity index (χ0n) is 7.99. The summed E-state index contributed by atoms with van der Waals surface area (Å²) in [5, 5.41) is 9.67. The minimum atomic E-state index is -0.582. The topological polar surface area (TPSA) is 96.0 Å². The van der Waals surface area contributed by atoms with Gasteiger partial charge in [-0.15, -0.1) is 0 Å². The Morgan fingerprint density at radius 2 is 2.27 bits per heavy atom. The molecule has 0 bridgehead atoms. The first-order chi connectivity index (χ1) is 7.20. The summed E-state index contributed by atoms with van der Waals surface area (Å²) in [5.41, 5.74) is 6.57. The number of amides is 2. The van der Waals surface area contributed by atoms with E-state index in [-0.39, 0.29) is 12.1 Å². The summed E-state index contributed by atoms with van der Waals surface area (Å²) in [6.07, 6.45) is 1.62. The van der Waals surface area contributed by atoms with Crippen molar-refractivity contribution >= 4 is 18.5 Å². The van der Waals surface area contributed by atoms with Crippen LogP contribution in [0.5, 0.6) is 0 Å². The first-order valence-electron chi connectivity index (χ1n) is 4.30. The quantitative estimate of drug-likeness (QED) is 0.467. The van der Waals surface area contributed by atoms with Crippen LogP contribution < -0.4 is 11.1 Å². The molecule has 1 aromatic carbocycles. The maximum atomic E-state index is 11.0. The van der Waals surface area contributed by atoms with Gasteiger partial charge in [0.15, 0.2) is 0 Å². The van der Waals surface area contributed by atoms with Gasteiger partial charge in [0.1, 0.15) is 0 Å².